The maximum Gasteiger partial charge on any atom is 0.303 e. The average Bonchev–Trinajstić information content (AvgIpc) is 2.30. The van der Waals surface area contributed by atoms with E-state index in [0.717, 1.165) is 26.1 Å². The molecule has 0 bridgehead atoms. The number of carboxylic acid groups (broad SMARTS) is 1. The Morgan fingerprint density at radius 2 is 2.29 bits per heavy atom. The van der Waals surface area contributed by atoms with Crippen molar-refractivity contribution in [2.24, 2.45) is 11.8 Å². The molecule has 0 amide bonds. The largest absolute Gasteiger partial charge is 0.481 e. The number of carboxylic acids is 1. The van der Waals surface area contributed by atoms with Gasteiger partial charge < -0.3 is 10.0 Å². The van der Waals surface area contributed by atoms with E-state index in [1.807, 2.05) is 6.08 Å². The number of likely N-dealkylation sites (tertiary alicyclic amines) is 1. The lowest BCUT2D eigenvalue weighted by Gasteiger charge is -2.36. The number of carbonyl (C=O) groups is 1. The van der Waals surface area contributed by atoms with Crippen LogP contribution in [-0.4, -0.2) is 35.6 Å². The van der Waals surface area contributed by atoms with Gasteiger partial charge in [-0.15, -0.1) is 6.58 Å². The van der Waals surface area contributed by atoms with Crippen molar-refractivity contribution in [3.63, 3.8) is 0 Å². The molecule has 98 valence electrons. The predicted octanol–water partition coefficient (Wildman–Crippen LogP) is 2.78. The number of nitrogens with zero attached hydrogens (tertiary/aromatic N) is 1. The van der Waals surface area contributed by atoms with E-state index >= 15 is 0 Å². The highest BCUT2D eigenvalue weighted by atomic mass is 16.4. The van der Waals surface area contributed by atoms with Gasteiger partial charge >= 0.3 is 5.97 Å². The molecule has 1 rings (SSSR count). The van der Waals surface area contributed by atoms with Gasteiger partial charge in [0.1, 0.15) is 0 Å². The van der Waals surface area contributed by atoms with Crippen LogP contribution in [0.5, 0.6) is 0 Å². The van der Waals surface area contributed by atoms with E-state index in [9.17, 15) is 4.79 Å². The monoisotopic (exact) mass is 239 g/mol. The van der Waals surface area contributed by atoms with E-state index in [4.69, 9.17) is 5.11 Å². The zero-order chi connectivity index (χ0) is 12.7. The second-order valence-corrected chi connectivity index (χ2v) is 5.05. The molecule has 3 heteroatoms. The van der Waals surface area contributed by atoms with E-state index in [0.29, 0.717) is 12.3 Å². The minimum atomic E-state index is -0.679. The molecule has 0 aliphatic carbocycles. The van der Waals surface area contributed by atoms with Crippen molar-refractivity contribution in [1.29, 1.82) is 0 Å². The zero-order valence-electron chi connectivity index (χ0n) is 10.9. The first kappa shape index (κ1) is 14.2. The Labute approximate surface area is 105 Å². The van der Waals surface area contributed by atoms with Crippen molar-refractivity contribution in [1.82, 2.24) is 4.90 Å². The topological polar surface area (TPSA) is 40.5 Å². The first-order valence-electron chi connectivity index (χ1n) is 6.74. The smallest absolute Gasteiger partial charge is 0.303 e. The van der Waals surface area contributed by atoms with Crippen LogP contribution in [-0.2, 0) is 4.79 Å². The number of aliphatic carboxylic acids is 1. The van der Waals surface area contributed by atoms with E-state index < -0.39 is 5.97 Å². The molecule has 2 unspecified atom stereocenters. The Kier molecular flexibility index (Phi) is 6.27. The third kappa shape index (κ3) is 4.90. The van der Waals surface area contributed by atoms with E-state index in [2.05, 4.69) is 18.4 Å². The highest BCUT2D eigenvalue weighted by Crippen LogP contribution is 2.27. The molecule has 1 aliphatic rings. The van der Waals surface area contributed by atoms with Gasteiger partial charge in [-0.2, -0.15) is 0 Å². The summed E-state index contributed by atoms with van der Waals surface area (Å²) in [4.78, 5) is 13.2. The lowest BCUT2D eigenvalue weighted by atomic mass is 9.83. The Morgan fingerprint density at radius 1 is 1.53 bits per heavy atom. The molecule has 1 aliphatic heterocycles. The minimum absolute atomic E-state index is 0.285. The lowest BCUT2D eigenvalue weighted by Crippen LogP contribution is -2.40. The summed E-state index contributed by atoms with van der Waals surface area (Å²) >= 11 is 0. The van der Waals surface area contributed by atoms with Gasteiger partial charge in [0.25, 0.3) is 0 Å². The zero-order valence-corrected chi connectivity index (χ0v) is 10.9. The van der Waals surface area contributed by atoms with Gasteiger partial charge in [-0.1, -0.05) is 25.8 Å². The molecule has 1 N–H and O–H groups in total. The second-order valence-electron chi connectivity index (χ2n) is 5.05. The molecule has 3 nitrogen and oxygen atoms in total. The summed E-state index contributed by atoms with van der Waals surface area (Å²) in [6, 6.07) is 0. The van der Waals surface area contributed by atoms with Crippen LogP contribution in [0.15, 0.2) is 12.7 Å². The molecule has 0 aromatic rings. The van der Waals surface area contributed by atoms with E-state index in [-0.39, 0.29) is 5.92 Å². The third-order valence-electron chi connectivity index (χ3n) is 3.71. The van der Waals surface area contributed by atoms with Gasteiger partial charge in [0.15, 0.2) is 0 Å². The molecule has 1 fully saturated rings. The van der Waals surface area contributed by atoms with Crippen LogP contribution in [0.1, 0.15) is 39.0 Å². The van der Waals surface area contributed by atoms with Crippen LogP contribution in [0.2, 0.25) is 0 Å². The molecular weight excluding hydrogens is 214 g/mol. The van der Waals surface area contributed by atoms with Crippen LogP contribution < -0.4 is 0 Å². The van der Waals surface area contributed by atoms with Crippen molar-refractivity contribution in [2.75, 3.05) is 19.6 Å². The number of hydrogen-bond acceptors (Lipinski definition) is 2. The second kappa shape index (κ2) is 7.49. The lowest BCUT2D eigenvalue weighted by molar-refractivity contribution is -0.138. The number of unbranched alkanes of at least 4 members (excludes halogenated alkanes) is 2. The van der Waals surface area contributed by atoms with Crippen molar-refractivity contribution in [2.45, 2.75) is 39.0 Å². The van der Waals surface area contributed by atoms with Gasteiger partial charge in [-0.3, -0.25) is 4.79 Å². The fourth-order valence-corrected chi connectivity index (χ4v) is 2.63. The third-order valence-corrected chi connectivity index (χ3v) is 3.71. The van der Waals surface area contributed by atoms with Crippen LogP contribution in [0.4, 0.5) is 0 Å². The van der Waals surface area contributed by atoms with Crippen LogP contribution >= 0.6 is 0 Å². The van der Waals surface area contributed by atoms with Crippen molar-refractivity contribution >= 4 is 5.97 Å². The quantitative estimate of drug-likeness (QED) is 0.548. The van der Waals surface area contributed by atoms with Crippen molar-refractivity contribution in [3.05, 3.63) is 12.7 Å². The van der Waals surface area contributed by atoms with Gasteiger partial charge in [-0.05, 0) is 37.8 Å². The highest BCUT2D eigenvalue weighted by molar-refractivity contribution is 5.67. The first-order chi connectivity index (χ1) is 8.17. The van der Waals surface area contributed by atoms with Gasteiger partial charge in [-0.25, -0.2) is 0 Å². The summed E-state index contributed by atoms with van der Waals surface area (Å²) in [7, 11) is 0. The molecule has 0 aromatic heterocycles. The fraction of sp³-hybridized carbons (Fsp3) is 0.786. The summed E-state index contributed by atoms with van der Waals surface area (Å²) in [6.45, 7) is 9.26. The minimum Gasteiger partial charge on any atom is -0.481 e. The maximum absolute atomic E-state index is 10.8. The molecule has 1 saturated heterocycles. The molecule has 17 heavy (non-hydrogen) atoms. The fourth-order valence-electron chi connectivity index (χ4n) is 2.63. The summed E-state index contributed by atoms with van der Waals surface area (Å²) in [5.74, 6) is -0.0461. The molecule has 0 radical (unpaired) electrons. The highest BCUT2D eigenvalue weighted by Gasteiger charge is 2.28. The van der Waals surface area contributed by atoms with Crippen LogP contribution in [0.3, 0.4) is 0 Å². The molecule has 0 aromatic carbocycles. The van der Waals surface area contributed by atoms with Crippen LogP contribution in [0.25, 0.3) is 0 Å². The Bertz CT molecular complexity index is 253. The Balaban J connectivity index is 2.37. The summed E-state index contributed by atoms with van der Waals surface area (Å²) in [5, 5.41) is 8.87. The van der Waals surface area contributed by atoms with Gasteiger partial charge in [0, 0.05) is 13.0 Å². The summed E-state index contributed by atoms with van der Waals surface area (Å²) < 4.78 is 0. The molecular formula is C14H25NO2. The Hall–Kier alpha value is -0.830. The normalized spacial score (nSPS) is 25.7. The molecule has 0 saturated carbocycles. The Morgan fingerprint density at radius 3 is 2.88 bits per heavy atom. The average molecular weight is 239 g/mol. The predicted molar refractivity (Wildman–Crippen MR) is 70.0 cm³/mol. The van der Waals surface area contributed by atoms with Crippen molar-refractivity contribution in [3.8, 4) is 0 Å². The van der Waals surface area contributed by atoms with Gasteiger partial charge in [0.05, 0.1) is 0 Å². The first-order valence-corrected chi connectivity index (χ1v) is 6.74. The van der Waals surface area contributed by atoms with Gasteiger partial charge in [0.2, 0.25) is 0 Å². The van der Waals surface area contributed by atoms with Crippen molar-refractivity contribution < 1.29 is 9.90 Å². The molecule has 1 heterocycles. The maximum atomic E-state index is 10.8. The summed E-state index contributed by atoms with van der Waals surface area (Å²) in [5.41, 5.74) is 0. The van der Waals surface area contributed by atoms with Crippen LogP contribution in [0, 0.1) is 11.8 Å². The summed E-state index contributed by atoms with van der Waals surface area (Å²) in [6.07, 6.45) is 7.02. The van der Waals surface area contributed by atoms with E-state index in [1.54, 1.807) is 0 Å². The SMILES string of the molecule is C=CC1CN(CCCCC)CCC1CC(=O)O. The number of hydrogen-bond donors (Lipinski definition) is 1. The molecule has 0 spiro atoms. The standard InChI is InChI=1S/C14H25NO2/c1-3-5-6-8-15-9-7-13(10-14(16)17)12(4-2)11-15/h4,12-13H,2-3,5-11H2,1H3,(H,16,17). The molecule has 2 atom stereocenters. The number of rotatable bonds is 7. The van der Waals surface area contributed by atoms with E-state index in [1.165, 1.54) is 19.3 Å². The number of piperidine rings is 1.